The van der Waals surface area contributed by atoms with Gasteiger partial charge in [0.25, 0.3) is 0 Å². The highest BCUT2D eigenvalue weighted by Gasteiger charge is 2.18. The van der Waals surface area contributed by atoms with Gasteiger partial charge in [-0.15, -0.1) is 12.4 Å². The van der Waals surface area contributed by atoms with Gasteiger partial charge in [-0.25, -0.2) is 8.78 Å². The highest BCUT2D eigenvalue weighted by atomic mass is 35.5. The molecule has 0 aliphatic heterocycles. The summed E-state index contributed by atoms with van der Waals surface area (Å²) in [5.74, 6) is -1.03. The van der Waals surface area contributed by atoms with E-state index in [-0.39, 0.29) is 24.4 Å². The second kappa shape index (κ2) is 7.47. The molecular weight excluding hydrogens is 300 g/mol. The minimum atomic E-state index is -0.877. The Kier molecular flexibility index (Phi) is 6.23. The van der Waals surface area contributed by atoms with Gasteiger partial charge in [-0.3, -0.25) is 0 Å². The third-order valence-corrected chi connectivity index (χ3v) is 3.28. The number of nitrogens with zero attached hydrogens (tertiary/aromatic N) is 2. The van der Waals surface area contributed by atoms with Crippen molar-refractivity contribution >= 4 is 12.4 Å². The first kappa shape index (κ1) is 17.5. The summed E-state index contributed by atoms with van der Waals surface area (Å²) >= 11 is 0. The molecule has 1 heterocycles. The predicted molar refractivity (Wildman–Crippen MR) is 77.6 cm³/mol. The Morgan fingerprint density at radius 2 is 1.95 bits per heavy atom. The van der Waals surface area contributed by atoms with Crippen molar-refractivity contribution in [2.75, 3.05) is 7.05 Å². The summed E-state index contributed by atoms with van der Waals surface area (Å²) in [5.41, 5.74) is 0.598. The van der Waals surface area contributed by atoms with Gasteiger partial charge in [0.1, 0.15) is 0 Å². The maximum Gasteiger partial charge on any atom is 0.233 e. The standard InChI is InChI=1S/C14H17F2N3O.ClH/c1-8(17-3)6-13-18-14(20-19-13)9(2)10-4-5-11(15)12(16)7-10;/h4-5,7-9,17H,6H2,1-3H3;1H. The van der Waals surface area contributed by atoms with Crippen molar-refractivity contribution in [3.63, 3.8) is 0 Å². The third-order valence-electron chi connectivity index (χ3n) is 3.28. The highest BCUT2D eigenvalue weighted by Crippen LogP contribution is 2.24. The van der Waals surface area contributed by atoms with Crippen LogP contribution in [0.4, 0.5) is 8.78 Å². The van der Waals surface area contributed by atoms with Crippen LogP contribution in [0.3, 0.4) is 0 Å². The van der Waals surface area contributed by atoms with Crippen LogP contribution in [-0.2, 0) is 6.42 Å². The van der Waals surface area contributed by atoms with Crippen LogP contribution in [0.25, 0.3) is 0 Å². The van der Waals surface area contributed by atoms with Crippen LogP contribution < -0.4 is 5.32 Å². The van der Waals surface area contributed by atoms with E-state index in [0.29, 0.717) is 23.7 Å². The Hall–Kier alpha value is -1.53. The summed E-state index contributed by atoms with van der Waals surface area (Å²) in [7, 11) is 1.86. The van der Waals surface area contributed by atoms with Crippen LogP contribution in [0.15, 0.2) is 22.7 Å². The molecule has 0 bridgehead atoms. The molecule has 0 saturated carbocycles. The van der Waals surface area contributed by atoms with E-state index in [1.54, 1.807) is 0 Å². The largest absolute Gasteiger partial charge is 0.339 e. The average Bonchev–Trinajstić information content (AvgIpc) is 2.89. The molecule has 0 fully saturated rings. The zero-order valence-electron chi connectivity index (χ0n) is 12.1. The molecule has 1 N–H and O–H groups in total. The number of halogens is 3. The molecule has 0 saturated heterocycles. The minimum absolute atomic E-state index is 0. The van der Waals surface area contributed by atoms with Gasteiger partial charge >= 0.3 is 0 Å². The molecule has 21 heavy (non-hydrogen) atoms. The van der Waals surface area contributed by atoms with Crippen LogP contribution in [0.1, 0.15) is 37.0 Å². The summed E-state index contributed by atoms with van der Waals surface area (Å²) in [4.78, 5) is 4.29. The van der Waals surface area contributed by atoms with Crippen molar-refractivity contribution in [2.45, 2.75) is 32.2 Å². The molecular formula is C14H18ClF2N3O. The maximum absolute atomic E-state index is 13.2. The van der Waals surface area contributed by atoms with Gasteiger partial charge in [-0.05, 0) is 38.6 Å². The fourth-order valence-electron chi connectivity index (χ4n) is 1.83. The van der Waals surface area contributed by atoms with Crippen molar-refractivity contribution in [1.82, 2.24) is 15.5 Å². The molecule has 116 valence electrons. The lowest BCUT2D eigenvalue weighted by atomic mass is 10.0. The van der Waals surface area contributed by atoms with E-state index in [2.05, 4.69) is 15.5 Å². The summed E-state index contributed by atoms with van der Waals surface area (Å²) < 4.78 is 31.3. The summed E-state index contributed by atoms with van der Waals surface area (Å²) in [5, 5.41) is 6.98. The minimum Gasteiger partial charge on any atom is -0.339 e. The Morgan fingerprint density at radius 1 is 1.24 bits per heavy atom. The molecule has 1 aromatic carbocycles. The predicted octanol–water partition coefficient (Wildman–Crippen LogP) is 3.07. The Labute approximate surface area is 128 Å². The fourth-order valence-corrected chi connectivity index (χ4v) is 1.83. The summed E-state index contributed by atoms with van der Waals surface area (Å²) in [6, 6.07) is 4.00. The van der Waals surface area contributed by atoms with Crippen molar-refractivity contribution in [1.29, 1.82) is 0 Å². The smallest absolute Gasteiger partial charge is 0.233 e. The number of aromatic nitrogens is 2. The fraction of sp³-hybridized carbons (Fsp3) is 0.429. The van der Waals surface area contributed by atoms with Gasteiger partial charge in [-0.2, -0.15) is 4.98 Å². The molecule has 0 aliphatic carbocycles. The second-order valence-electron chi connectivity index (χ2n) is 4.84. The molecule has 7 heteroatoms. The van der Waals surface area contributed by atoms with Gasteiger partial charge in [0, 0.05) is 12.5 Å². The van der Waals surface area contributed by atoms with Crippen molar-refractivity contribution in [2.24, 2.45) is 0 Å². The SMILES string of the molecule is CNC(C)Cc1noc(C(C)c2ccc(F)c(F)c2)n1.Cl. The number of benzene rings is 1. The van der Waals surface area contributed by atoms with E-state index in [4.69, 9.17) is 4.52 Å². The van der Waals surface area contributed by atoms with Crippen molar-refractivity contribution < 1.29 is 13.3 Å². The lowest BCUT2D eigenvalue weighted by molar-refractivity contribution is 0.363. The zero-order chi connectivity index (χ0) is 14.7. The van der Waals surface area contributed by atoms with Crippen molar-refractivity contribution in [3.05, 3.63) is 47.1 Å². The maximum atomic E-state index is 13.2. The number of likely N-dealkylation sites (N-methyl/N-ethyl adjacent to an activating group) is 1. The van der Waals surface area contributed by atoms with Crippen LogP contribution in [0.2, 0.25) is 0 Å². The number of hydrogen-bond acceptors (Lipinski definition) is 4. The lowest BCUT2D eigenvalue weighted by Gasteiger charge is -2.07. The summed E-state index contributed by atoms with van der Waals surface area (Å²) in [6.45, 7) is 3.82. The zero-order valence-corrected chi connectivity index (χ0v) is 12.9. The van der Waals surface area contributed by atoms with E-state index in [0.717, 1.165) is 12.1 Å². The molecule has 4 nitrogen and oxygen atoms in total. The Balaban J connectivity index is 0.00000220. The number of nitrogens with one attached hydrogen (secondary N) is 1. The van der Waals surface area contributed by atoms with E-state index < -0.39 is 11.6 Å². The quantitative estimate of drug-likeness (QED) is 0.921. The van der Waals surface area contributed by atoms with Crippen LogP contribution >= 0.6 is 12.4 Å². The van der Waals surface area contributed by atoms with E-state index >= 15 is 0 Å². The average molecular weight is 318 g/mol. The number of rotatable bonds is 5. The Bertz CT molecular complexity index is 591. The topological polar surface area (TPSA) is 51.0 Å². The molecule has 1 aromatic heterocycles. The highest BCUT2D eigenvalue weighted by molar-refractivity contribution is 5.85. The van der Waals surface area contributed by atoms with E-state index in [1.165, 1.54) is 6.07 Å². The summed E-state index contributed by atoms with van der Waals surface area (Å²) in [6.07, 6.45) is 0.643. The van der Waals surface area contributed by atoms with Gasteiger partial charge < -0.3 is 9.84 Å². The molecule has 2 unspecified atom stereocenters. The second-order valence-corrected chi connectivity index (χ2v) is 4.84. The van der Waals surface area contributed by atoms with E-state index in [9.17, 15) is 8.78 Å². The monoisotopic (exact) mass is 317 g/mol. The molecule has 0 spiro atoms. The Morgan fingerprint density at radius 3 is 2.57 bits per heavy atom. The first-order chi connectivity index (χ1) is 9.51. The normalized spacial score (nSPS) is 13.6. The molecule has 2 atom stereocenters. The van der Waals surface area contributed by atoms with Crippen molar-refractivity contribution in [3.8, 4) is 0 Å². The van der Waals surface area contributed by atoms with Gasteiger partial charge in [0.05, 0.1) is 5.92 Å². The first-order valence-electron chi connectivity index (χ1n) is 6.46. The van der Waals surface area contributed by atoms with Gasteiger partial charge in [-0.1, -0.05) is 11.2 Å². The lowest BCUT2D eigenvalue weighted by Crippen LogP contribution is -2.24. The molecule has 0 radical (unpaired) electrons. The van der Waals surface area contributed by atoms with Crippen LogP contribution in [0, 0.1) is 11.6 Å². The first-order valence-corrected chi connectivity index (χ1v) is 6.46. The van der Waals surface area contributed by atoms with Gasteiger partial charge in [0.15, 0.2) is 17.5 Å². The molecule has 0 amide bonds. The number of hydrogen-bond donors (Lipinski definition) is 1. The molecule has 2 aromatic rings. The van der Waals surface area contributed by atoms with E-state index in [1.807, 2.05) is 20.9 Å². The third kappa shape index (κ3) is 4.22. The molecule has 2 rings (SSSR count). The van der Waals surface area contributed by atoms with Crippen LogP contribution in [-0.4, -0.2) is 23.2 Å². The van der Waals surface area contributed by atoms with Crippen LogP contribution in [0.5, 0.6) is 0 Å². The van der Waals surface area contributed by atoms with Gasteiger partial charge in [0.2, 0.25) is 5.89 Å². The molecule has 0 aliphatic rings.